The van der Waals surface area contributed by atoms with Gasteiger partial charge in [-0.3, -0.25) is 14.7 Å². The SMILES string of the molecule is O=C(Nc1ccc(C2OC(CN3CCC(O)C3)CC(c3ccc(CO)cc3)O2)cc1)c1cnc2ccccc2n1. The highest BCUT2D eigenvalue weighted by Gasteiger charge is 2.34. The van der Waals surface area contributed by atoms with Gasteiger partial charge in [0.15, 0.2) is 6.29 Å². The second kappa shape index (κ2) is 11.8. The van der Waals surface area contributed by atoms with E-state index >= 15 is 0 Å². The molecule has 0 saturated carbocycles. The van der Waals surface area contributed by atoms with Crippen molar-refractivity contribution in [3.05, 3.63) is 101 Å². The Morgan fingerprint density at radius 2 is 1.73 bits per heavy atom. The average molecular weight is 541 g/mol. The van der Waals surface area contributed by atoms with Crippen LogP contribution in [0.4, 0.5) is 5.69 Å². The van der Waals surface area contributed by atoms with E-state index < -0.39 is 6.29 Å². The number of amides is 1. The number of ether oxygens (including phenoxy) is 2. The predicted molar refractivity (Wildman–Crippen MR) is 149 cm³/mol. The fourth-order valence-corrected chi connectivity index (χ4v) is 5.28. The molecular weight excluding hydrogens is 508 g/mol. The highest BCUT2D eigenvalue weighted by molar-refractivity contribution is 6.03. The van der Waals surface area contributed by atoms with Gasteiger partial charge in [0, 0.05) is 37.3 Å². The third-order valence-electron chi connectivity index (χ3n) is 7.45. The van der Waals surface area contributed by atoms with Crippen molar-refractivity contribution in [3.63, 3.8) is 0 Å². The van der Waals surface area contributed by atoms with Gasteiger partial charge in [-0.1, -0.05) is 48.5 Å². The van der Waals surface area contributed by atoms with Crippen LogP contribution in [-0.2, 0) is 16.1 Å². The van der Waals surface area contributed by atoms with Crippen molar-refractivity contribution in [1.82, 2.24) is 14.9 Å². The number of hydrogen-bond acceptors (Lipinski definition) is 8. The number of benzene rings is 3. The van der Waals surface area contributed by atoms with Crippen LogP contribution < -0.4 is 5.32 Å². The van der Waals surface area contributed by atoms with Crippen molar-refractivity contribution in [3.8, 4) is 0 Å². The van der Waals surface area contributed by atoms with Crippen molar-refractivity contribution in [2.45, 2.75) is 44.1 Å². The lowest BCUT2D eigenvalue weighted by Gasteiger charge is -2.37. The van der Waals surface area contributed by atoms with Crippen LogP contribution in [0.5, 0.6) is 0 Å². The van der Waals surface area contributed by atoms with Crippen molar-refractivity contribution >= 4 is 22.6 Å². The maximum absolute atomic E-state index is 12.8. The standard InChI is InChI=1S/C31H32N4O5/c36-19-20-5-7-21(8-6-20)29-15-25(18-35-14-13-24(37)17-35)39-31(40-29)22-9-11-23(12-10-22)33-30(38)28-16-32-26-3-1-2-4-27(26)34-28/h1-12,16,24-25,29,31,36-37H,13-15,17-19H2,(H,33,38). The minimum absolute atomic E-state index is 0.00617. The van der Waals surface area contributed by atoms with Gasteiger partial charge in [-0.25, -0.2) is 4.98 Å². The predicted octanol–water partition coefficient (Wildman–Crippen LogP) is 3.99. The van der Waals surface area contributed by atoms with Crippen molar-refractivity contribution in [1.29, 1.82) is 0 Å². The molecule has 9 heteroatoms. The van der Waals surface area contributed by atoms with E-state index in [-0.39, 0.29) is 36.5 Å². The molecule has 40 heavy (non-hydrogen) atoms. The third kappa shape index (κ3) is 6.04. The molecule has 3 aromatic carbocycles. The van der Waals surface area contributed by atoms with E-state index in [0.29, 0.717) is 30.7 Å². The Labute approximate surface area is 232 Å². The van der Waals surface area contributed by atoms with E-state index in [1.54, 1.807) is 0 Å². The zero-order valence-corrected chi connectivity index (χ0v) is 22.0. The summed E-state index contributed by atoms with van der Waals surface area (Å²) in [7, 11) is 0. The molecule has 206 valence electrons. The van der Waals surface area contributed by atoms with Crippen LogP contribution in [0.15, 0.2) is 79.0 Å². The minimum Gasteiger partial charge on any atom is -0.392 e. The first-order chi connectivity index (χ1) is 19.5. The summed E-state index contributed by atoms with van der Waals surface area (Å²) in [4.78, 5) is 23.8. The van der Waals surface area contributed by atoms with Crippen LogP contribution >= 0.6 is 0 Å². The van der Waals surface area contributed by atoms with E-state index in [1.807, 2.05) is 72.8 Å². The van der Waals surface area contributed by atoms with E-state index in [9.17, 15) is 15.0 Å². The molecule has 0 radical (unpaired) electrons. The number of anilines is 1. The monoisotopic (exact) mass is 540 g/mol. The van der Waals surface area contributed by atoms with Gasteiger partial charge in [-0.05, 0) is 41.8 Å². The summed E-state index contributed by atoms with van der Waals surface area (Å²) in [6, 6.07) is 22.6. The average Bonchev–Trinajstić information content (AvgIpc) is 3.41. The fraction of sp³-hybridized carbons (Fsp3) is 0.323. The van der Waals surface area contributed by atoms with E-state index in [1.165, 1.54) is 6.20 Å². The van der Waals surface area contributed by atoms with E-state index in [2.05, 4.69) is 20.2 Å². The fourth-order valence-electron chi connectivity index (χ4n) is 5.28. The van der Waals surface area contributed by atoms with E-state index in [4.69, 9.17) is 9.47 Å². The lowest BCUT2D eigenvalue weighted by atomic mass is 9.99. The first-order valence-electron chi connectivity index (χ1n) is 13.6. The summed E-state index contributed by atoms with van der Waals surface area (Å²) in [6.45, 7) is 2.20. The van der Waals surface area contributed by atoms with Crippen LogP contribution in [0.3, 0.4) is 0 Å². The van der Waals surface area contributed by atoms with Crippen molar-refractivity contribution in [2.24, 2.45) is 0 Å². The zero-order valence-electron chi connectivity index (χ0n) is 22.0. The summed E-state index contributed by atoms with van der Waals surface area (Å²) in [5.41, 5.74) is 4.98. The number of para-hydroxylation sites is 2. The Balaban J connectivity index is 1.17. The molecule has 2 aliphatic rings. The summed E-state index contributed by atoms with van der Waals surface area (Å²) in [5.74, 6) is -0.338. The van der Waals surface area contributed by atoms with Crippen LogP contribution in [-0.4, -0.2) is 62.8 Å². The number of fused-ring (bicyclic) bond motifs is 1. The molecule has 0 aliphatic carbocycles. The van der Waals surface area contributed by atoms with Gasteiger partial charge < -0.3 is 25.0 Å². The largest absolute Gasteiger partial charge is 0.392 e. The molecule has 2 aliphatic heterocycles. The quantitative estimate of drug-likeness (QED) is 0.322. The Bertz CT molecular complexity index is 1460. The molecule has 4 unspecified atom stereocenters. The lowest BCUT2D eigenvalue weighted by molar-refractivity contribution is -0.252. The number of likely N-dealkylation sites (tertiary alicyclic amines) is 1. The highest BCUT2D eigenvalue weighted by atomic mass is 16.7. The maximum Gasteiger partial charge on any atom is 0.275 e. The molecule has 4 aromatic rings. The van der Waals surface area contributed by atoms with Gasteiger partial charge in [0.1, 0.15) is 5.69 Å². The zero-order chi connectivity index (χ0) is 27.5. The summed E-state index contributed by atoms with van der Waals surface area (Å²) >= 11 is 0. The normalized spacial score (nSPS) is 23.4. The Morgan fingerprint density at radius 3 is 2.45 bits per heavy atom. The smallest absolute Gasteiger partial charge is 0.275 e. The molecule has 1 aromatic heterocycles. The molecule has 3 N–H and O–H groups in total. The highest BCUT2D eigenvalue weighted by Crippen LogP contribution is 2.38. The van der Waals surface area contributed by atoms with Gasteiger partial charge in [0.2, 0.25) is 0 Å². The molecule has 4 atom stereocenters. The first kappa shape index (κ1) is 26.5. The Morgan fingerprint density at radius 1 is 0.975 bits per heavy atom. The topological polar surface area (TPSA) is 117 Å². The van der Waals surface area contributed by atoms with Gasteiger partial charge in [-0.15, -0.1) is 0 Å². The Hall–Kier alpha value is -3.73. The molecule has 9 nitrogen and oxygen atoms in total. The number of aromatic nitrogens is 2. The molecule has 2 fully saturated rings. The van der Waals surface area contributed by atoms with Crippen LogP contribution in [0.1, 0.15) is 52.4 Å². The number of hydrogen-bond donors (Lipinski definition) is 3. The molecular formula is C31H32N4O5. The molecule has 0 bridgehead atoms. The van der Waals surface area contributed by atoms with Crippen LogP contribution in [0.25, 0.3) is 11.0 Å². The van der Waals surface area contributed by atoms with E-state index in [0.717, 1.165) is 35.2 Å². The molecule has 1 amide bonds. The molecule has 0 spiro atoms. The van der Waals surface area contributed by atoms with Crippen molar-refractivity contribution < 1.29 is 24.5 Å². The summed E-state index contributed by atoms with van der Waals surface area (Å²) < 4.78 is 12.8. The van der Waals surface area contributed by atoms with Gasteiger partial charge in [0.25, 0.3) is 5.91 Å². The molecule has 2 saturated heterocycles. The minimum atomic E-state index is -0.593. The second-order valence-corrected chi connectivity index (χ2v) is 10.4. The number of rotatable bonds is 7. The second-order valence-electron chi connectivity index (χ2n) is 10.4. The first-order valence-corrected chi connectivity index (χ1v) is 13.6. The third-order valence-corrected chi connectivity index (χ3v) is 7.45. The Kier molecular flexibility index (Phi) is 7.81. The van der Waals surface area contributed by atoms with Gasteiger partial charge in [0.05, 0.1) is 42.1 Å². The lowest BCUT2D eigenvalue weighted by Crippen LogP contribution is -2.38. The van der Waals surface area contributed by atoms with Gasteiger partial charge >= 0.3 is 0 Å². The number of nitrogens with one attached hydrogen (secondary N) is 1. The molecule has 6 rings (SSSR count). The number of carbonyl (C=O) groups is 1. The van der Waals surface area contributed by atoms with Crippen LogP contribution in [0, 0.1) is 0 Å². The maximum atomic E-state index is 12.8. The summed E-state index contributed by atoms with van der Waals surface area (Å²) in [5, 5.41) is 22.3. The van der Waals surface area contributed by atoms with Crippen LogP contribution in [0.2, 0.25) is 0 Å². The number of aliphatic hydroxyl groups excluding tert-OH is 2. The number of β-amino-alcohol motifs (C(OH)–C–C–N with tert-alkyl or cyclic N) is 1. The summed E-state index contributed by atoms with van der Waals surface area (Å²) in [6.07, 6.45) is 1.78. The van der Waals surface area contributed by atoms with Gasteiger partial charge in [-0.2, -0.15) is 0 Å². The number of nitrogens with zero attached hydrogens (tertiary/aromatic N) is 3. The van der Waals surface area contributed by atoms with Crippen molar-refractivity contribution in [2.75, 3.05) is 25.0 Å². The molecule has 3 heterocycles. The number of aliphatic hydroxyl groups is 2. The number of carbonyl (C=O) groups excluding carboxylic acids is 1.